The highest BCUT2D eigenvalue weighted by molar-refractivity contribution is 5.69. The second kappa shape index (κ2) is 42.1. The number of ether oxygens (including phenoxy) is 1. The van der Waals surface area contributed by atoms with Crippen LogP contribution in [0.15, 0.2) is 24.3 Å². The summed E-state index contributed by atoms with van der Waals surface area (Å²) in [6, 6.07) is 0. The minimum Gasteiger partial charge on any atom is -0.466 e. The fraction of sp³-hybridized carbons (Fsp3) is 0.891. The van der Waals surface area contributed by atoms with Crippen LogP contribution in [0.4, 0.5) is 0 Å². The van der Waals surface area contributed by atoms with Crippen molar-refractivity contribution >= 4 is 5.97 Å². The molecule has 0 aliphatic carbocycles. The predicted octanol–water partition coefficient (Wildman–Crippen LogP) is 16.4. The lowest BCUT2D eigenvalue weighted by Crippen LogP contribution is -2.05. The molecule has 284 valence electrons. The Balaban J connectivity index is 3.19. The van der Waals surface area contributed by atoms with E-state index in [0.717, 1.165) is 31.6 Å². The van der Waals surface area contributed by atoms with Gasteiger partial charge < -0.3 is 4.74 Å². The smallest absolute Gasteiger partial charge is 0.305 e. The molecule has 0 bridgehead atoms. The highest BCUT2D eigenvalue weighted by atomic mass is 16.5. The third-order valence-electron chi connectivity index (χ3n) is 10.4. The quantitative estimate of drug-likeness (QED) is 0.0368. The van der Waals surface area contributed by atoms with E-state index in [4.69, 9.17) is 4.74 Å². The summed E-state index contributed by atoms with van der Waals surface area (Å²) in [4.78, 5) is 12.0. The van der Waals surface area contributed by atoms with E-state index in [-0.39, 0.29) is 5.97 Å². The van der Waals surface area contributed by atoms with Gasteiger partial charge in [-0.05, 0) is 50.9 Å². The van der Waals surface area contributed by atoms with Crippen LogP contribution < -0.4 is 0 Å². The number of allylic oxidation sites excluding steroid dienone is 4. The van der Waals surface area contributed by atoms with Gasteiger partial charge in [0, 0.05) is 6.42 Å². The summed E-state index contributed by atoms with van der Waals surface area (Å²) in [5.74, 6) is 0.949. The zero-order valence-electron chi connectivity index (χ0n) is 33.4. The molecule has 0 N–H and O–H groups in total. The molecule has 0 amide bonds. The molecule has 0 rings (SSSR count). The molecule has 0 heterocycles. The maximum atomic E-state index is 12.0. The first-order valence-electron chi connectivity index (χ1n) is 22.2. The molecule has 0 aromatic rings. The molecule has 0 spiro atoms. The van der Waals surface area contributed by atoms with E-state index < -0.39 is 0 Å². The van der Waals surface area contributed by atoms with E-state index in [1.807, 2.05) is 0 Å². The zero-order chi connectivity index (χ0) is 34.9. The van der Waals surface area contributed by atoms with Gasteiger partial charge in [-0.15, -0.1) is 0 Å². The number of rotatable bonds is 40. The van der Waals surface area contributed by atoms with E-state index in [2.05, 4.69) is 45.1 Å². The first-order valence-corrected chi connectivity index (χ1v) is 22.2. The fourth-order valence-electron chi connectivity index (χ4n) is 6.67. The number of hydrogen-bond acceptors (Lipinski definition) is 2. The maximum absolute atomic E-state index is 12.0. The van der Waals surface area contributed by atoms with E-state index in [0.29, 0.717) is 13.0 Å². The Hall–Kier alpha value is -1.05. The first kappa shape index (κ1) is 47.0. The van der Waals surface area contributed by atoms with Gasteiger partial charge in [-0.25, -0.2) is 0 Å². The normalized spacial score (nSPS) is 12.5. The lowest BCUT2D eigenvalue weighted by molar-refractivity contribution is -0.143. The van der Waals surface area contributed by atoms with Crippen LogP contribution >= 0.6 is 0 Å². The van der Waals surface area contributed by atoms with Gasteiger partial charge in [0.2, 0.25) is 0 Å². The zero-order valence-corrected chi connectivity index (χ0v) is 33.4. The van der Waals surface area contributed by atoms with E-state index in [1.165, 1.54) is 199 Å². The van der Waals surface area contributed by atoms with E-state index >= 15 is 0 Å². The highest BCUT2D eigenvalue weighted by Crippen LogP contribution is 2.17. The average Bonchev–Trinajstić information content (AvgIpc) is 3.09. The van der Waals surface area contributed by atoms with Crippen molar-refractivity contribution in [3.8, 4) is 0 Å². The van der Waals surface area contributed by atoms with Crippen molar-refractivity contribution in [1.29, 1.82) is 0 Å². The predicted molar refractivity (Wildman–Crippen MR) is 216 cm³/mol. The van der Waals surface area contributed by atoms with Crippen LogP contribution in [0.1, 0.15) is 252 Å². The van der Waals surface area contributed by atoms with E-state index in [1.54, 1.807) is 0 Å². The van der Waals surface area contributed by atoms with E-state index in [9.17, 15) is 4.79 Å². The minimum atomic E-state index is 0.0137. The Bertz CT molecular complexity index is 665. The Morgan fingerprint density at radius 2 is 0.833 bits per heavy atom. The summed E-state index contributed by atoms with van der Waals surface area (Å²) in [5, 5.41) is 0. The Kier molecular flexibility index (Phi) is 41.2. The van der Waals surface area contributed by atoms with Crippen molar-refractivity contribution in [2.75, 3.05) is 6.61 Å². The van der Waals surface area contributed by atoms with Crippen molar-refractivity contribution in [2.45, 2.75) is 252 Å². The molecule has 1 atom stereocenters. The van der Waals surface area contributed by atoms with Crippen molar-refractivity contribution < 1.29 is 9.53 Å². The van der Waals surface area contributed by atoms with Gasteiger partial charge in [0.05, 0.1) is 6.61 Å². The summed E-state index contributed by atoms with van der Waals surface area (Å²) >= 11 is 0. The number of esters is 1. The standard InChI is InChI=1S/C46H88O2/c1-4-6-7-8-9-10-11-12-21-25-28-31-34-37-40-43-46(47)48-44-41-38-35-32-29-26-23-20-18-16-14-13-15-17-19-22-24-27-30-33-36-39-42-45(3)5-2/h9-10,12,21,45H,4-8,11,13-20,22-44H2,1-3H3/b10-9-,21-12-. The number of carbonyl (C=O) groups excluding carboxylic acids is 1. The Labute approximate surface area is 303 Å². The Morgan fingerprint density at radius 1 is 0.458 bits per heavy atom. The largest absolute Gasteiger partial charge is 0.466 e. The highest BCUT2D eigenvalue weighted by Gasteiger charge is 2.03. The van der Waals surface area contributed by atoms with Crippen LogP contribution in [0.5, 0.6) is 0 Å². The molecular weight excluding hydrogens is 585 g/mol. The molecule has 0 radical (unpaired) electrons. The van der Waals surface area contributed by atoms with Crippen LogP contribution in [-0.4, -0.2) is 12.6 Å². The van der Waals surface area contributed by atoms with Gasteiger partial charge in [-0.1, -0.05) is 225 Å². The Morgan fingerprint density at radius 3 is 1.27 bits per heavy atom. The molecule has 1 unspecified atom stereocenters. The summed E-state index contributed by atoms with van der Waals surface area (Å²) < 4.78 is 5.46. The monoisotopic (exact) mass is 673 g/mol. The van der Waals surface area contributed by atoms with Crippen LogP contribution in [-0.2, 0) is 9.53 Å². The third kappa shape index (κ3) is 41.1. The maximum Gasteiger partial charge on any atom is 0.305 e. The number of carbonyl (C=O) groups is 1. The van der Waals surface area contributed by atoms with Gasteiger partial charge in [-0.2, -0.15) is 0 Å². The SMILES string of the molecule is CCCCC/C=C\C/C=C\CCCCCCCC(=O)OCCCCCCCCCCCCCCCCCCCCCCCCC(C)CC. The van der Waals surface area contributed by atoms with Crippen molar-refractivity contribution in [2.24, 2.45) is 5.92 Å². The van der Waals surface area contributed by atoms with Crippen LogP contribution in [0.25, 0.3) is 0 Å². The topological polar surface area (TPSA) is 26.3 Å². The van der Waals surface area contributed by atoms with Gasteiger partial charge in [-0.3, -0.25) is 4.79 Å². The molecule has 2 nitrogen and oxygen atoms in total. The summed E-state index contributed by atoms with van der Waals surface area (Å²) in [6.45, 7) is 7.60. The molecule has 2 heteroatoms. The fourth-order valence-corrected chi connectivity index (χ4v) is 6.67. The van der Waals surface area contributed by atoms with Crippen molar-refractivity contribution in [1.82, 2.24) is 0 Å². The first-order chi connectivity index (χ1) is 23.7. The van der Waals surface area contributed by atoms with Gasteiger partial charge in [0.1, 0.15) is 0 Å². The van der Waals surface area contributed by atoms with Crippen molar-refractivity contribution in [3.05, 3.63) is 24.3 Å². The molecule has 0 saturated heterocycles. The lowest BCUT2D eigenvalue weighted by Gasteiger charge is -2.07. The molecular formula is C46H88O2. The molecule has 0 aliphatic heterocycles. The summed E-state index contributed by atoms with van der Waals surface area (Å²) in [5.41, 5.74) is 0. The summed E-state index contributed by atoms with van der Waals surface area (Å²) in [7, 11) is 0. The molecule has 0 aliphatic rings. The lowest BCUT2D eigenvalue weighted by atomic mass is 9.99. The molecule has 0 saturated carbocycles. The second-order valence-corrected chi connectivity index (χ2v) is 15.3. The van der Waals surface area contributed by atoms with Gasteiger partial charge in [0.25, 0.3) is 0 Å². The van der Waals surface area contributed by atoms with Crippen LogP contribution in [0.3, 0.4) is 0 Å². The molecule has 0 aromatic heterocycles. The van der Waals surface area contributed by atoms with Crippen molar-refractivity contribution in [3.63, 3.8) is 0 Å². The van der Waals surface area contributed by atoms with Crippen LogP contribution in [0, 0.1) is 5.92 Å². The average molecular weight is 673 g/mol. The molecule has 0 aromatic carbocycles. The minimum absolute atomic E-state index is 0.0137. The van der Waals surface area contributed by atoms with Crippen LogP contribution in [0.2, 0.25) is 0 Å². The number of unbranched alkanes of at least 4 members (excludes halogenated alkanes) is 29. The molecule has 48 heavy (non-hydrogen) atoms. The van der Waals surface area contributed by atoms with Gasteiger partial charge in [0.15, 0.2) is 0 Å². The molecule has 0 fully saturated rings. The van der Waals surface area contributed by atoms with Gasteiger partial charge >= 0.3 is 5.97 Å². The third-order valence-corrected chi connectivity index (χ3v) is 10.4. The number of hydrogen-bond donors (Lipinski definition) is 0. The summed E-state index contributed by atoms with van der Waals surface area (Å²) in [6.07, 6.45) is 57.0. The second-order valence-electron chi connectivity index (χ2n) is 15.3.